The molecule has 1 rings (SSSR count). The second kappa shape index (κ2) is 7.34. The Labute approximate surface area is 108 Å². The van der Waals surface area contributed by atoms with Crippen LogP contribution in [0.3, 0.4) is 0 Å². The summed E-state index contributed by atoms with van der Waals surface area (Å²) in [6.07, 6.45) is 0.125. The van der Waals surface area contributed by atoms with Crippen LogP contribution in [0.4, 0.5) is 4.39 Å². The van der Waals surface area contributed by atoms with Crippen molar-refractivity contribution in [3.05, 3.63) is 29.6 Å². The van der Waals surface area contributed by atoms with Crippen LogP contribution >= 0.6 is 0 Å². The molecule has 18 heavy (non-hydrogen) atoms. The fourth-order valence-corrected chi connectivity index (χ4v) is 1.75. The van der Waals surface area contributed by atoms with E-state index in [9.17, 15) is 4.39 Å². The molecule has 0 aromatic heterocycles. The standard InChI is InChI=1S/C14H22FNO2/c1-5-16-12(9-18-10(2)3)11-7-6-8-13(17-4)14(11)15/h6-8,10,12,16H,5,9H2,1-4H3. The Hall–Kier alpha value is -1.13. The van der Waals surface area contributed by atoms with Crippen LogP contribution in [-0.2, 0) is 4.74 Å². The SMILES string of the molecule is CCNC(COC(C)C)c1cccc(OC)c1F. The highest BCUT2D eigenvalue weighted by molar-refractivity contribution is 5.33. The van der Waals surface area contributed by atoms with Gasteiger partial charge in [0, 0.05) is 5.56 Å². The van der Waals surface area contributed by atoms with Crippen LogP contribution < -0.4 is 10.1 Å². The summed E-state index contributed by atoms with van der Waals surface area (Å²) in [4.78, 5) is 0. The Balaban J connectivity index is 2.90. The van der Waals surface area contributed by atoms with Gasteiger partial charge < -0.3 is 14.8 Å². The Morgan fingerprint density at radius 3 is 2.61 bits per heavy atom. The van der Waals surface area contributed by atoms with Gasteiger partial charge in [-0.25, -0.2) is 4.39 Å². The van der Waals surface area contributed by atoms with Crippen molar-refractivity contribution in [1.82, 2.24) is 5.32 Å². The number of likely N-dealkylation sites (N-methyl/N-ethyl adjacent to an activating group) is 1. The van der Waals surface area contributed by atoms with Crippen LogP contribution in [-0.4, -0.2) is 26.4 Å². The molecule has 1 unspecified atom stereocenters. The van der Waals surface area contributed by atoms with Crippen molar-refractivity contribution < 1.29 is 13.9 Å². The fourth-order valence-electron chi connectivity index (χ4n) is 1.75. The van der Waals surface area contributed by atoms with Gasteiger partial charge in [0.2, 0.25) is 0 Å². The monoisotopic (exact) mass is 255 g/mol. The number of benzene rings is 1. The van der Waals surface area contributed by atoms with Crippen molar-refractivity contribution >= 4 is 0 Å². The zero-order valence-electron chi connectivity index (χ0n) is 11.5. The van der Waals surface area contributed by atoms with Crippen LogP contribution in [0.2, 0.25) is 0 Å². The molecule has 0 aliphatic heterocycles. The zero-order valence-corrected chi connectivity index (χ0v) is 11.5. The van der Waals surface area contributed by atoms with E-state index in [0.717, 1.165) is 6.54 Å². The average Bonchev–Trinajstić information content (AvgIpc) is 2.35. The van der Waals surface area contributed by atoms with Gasteiger partial charge in [0.1, 0.15) is 0 Å². The van der Waals surface area contributed by atoms with Crippen molar-refractivity contribution in [3.63, 3.8) is 0 Å². The van der Waals surface area contributed by atoms with E-state index in [4.69, 9.17) is 9.47 Å². The van der Waals surface area contributed by atoms with E-state index < -0.39 is 0 Å². The molecule has 1 atom stereocenters. The van der Waals surface area contributed by atoms with Crippen LogP contribution in [0.15, 0.2) is 18.2 Å². The van der Waals surface area contributed by atoms with E-state index in [1.165, 1.54) is 7.11 Å². The number of methoxy groups -OCH3 is 1. The molecular formula is C14H22FNO2. The van der Waals surface area contributed by atoms with Crippen LogP contribution in [0.1, 0.15) is 32.4 Å². The minimum atomic E-state index is -0.321. The molecular weight excluding hydrogens is 233 g/mol. The van der Waals surface area contributed by atoms with Crippen molar-refractivity contribution in [2.45, 2.75) is 32.9 Å². The number of ether oxygens (including phenoxy) is 2. The number of hydrogen-bond acceptors (Lipinski definition) is 3. The van der Waals surface area contributed by atoms with E-state index >= 15 is 0 Å². The minimum Gasteiger partial charge on any atom is -0.494 e. The maximum atomic E-state index is 14.2. The largest absolute Gasteiger partial charge is 0.494 e. The molecule has 0 fully saturated rings. The lowest BCUT2D eigenvalue weighted by atomic mass is 10.1. The maximum Gasteiger partial charge on any atom is 0.169 e. The number of hydrogen-bond donors (Lipinski definition) is 1. The van der Waals surface area contributed by atoms with Gasteiger partial charge in [-0.05, 0) is 26.5 Å². The molecule has 0 saturated heterocycles. The number of nitrogens with one attached hydrogen (secondary N) is 1. The molecule has 3 nitrogen and oxygen atoms in total. The smallest absolute Gasteiger partial charge is 0.169 e. The maximum absolute atomic E-state index is 14.2. The van der Waals surface area contributed by atoms with Crippen LogP contribution in [0.25, 0.3) is 0 Å². The first-order valence-corrected chi connectivity index (χ1v) is 6.27. The van der Waals surface area contributed by atoms with Gasteiger partial charge in [0.05, 0.1) is 25.9 Å². The molecule has 0 bridgehead atoms. The van der Waals surface area contributed by atoms with Crippen LogP contribution in [0.5, 0.6) is 5.75 Å². The summed E-state index contributed by atoms with van der Waals surface area (Å²) < 4.78 is 24.7. The molecule has 0 radical (unpaired) electrons. The molecule has 0 spiro atoms. The first-order chi connectivity index (χ1) is 8.60. The first-order valence-electron chi connectivity index (χ1n) is 6.27. The van der Waals surface area contributed by atoms with E-state index in [1.807, 2.05) is 20.8 Å². The molecule has 0 aliphatic carbocycles. The van der Waals surface area contributed by atoms with E-state index in [-0.39, 0.29) is 23.7 Å². The van der Waals surface area contributed by atoms with Crippen molar-refractivity contribution in [3.8, 4) is 5.75 Å². The normalized spacial score (nSPS) is 12.8. The summed E-state index contributed by atoms with van der Waals surface area (Å²) in [6.45, 7) is 7.11. The Kier molecular flexibility index (Phi) is 6.09. The van der Waals surface area contributed by atoms with Gasteiger partial charge in [-0.15, -0.1) is 0 Å². The molecule has 0 heterocycles. The third-order valence-electron chi connectivity index (χ3n) is 2.64. The Bertz CT molecular complexity index is 369. The summed E-state index contributed by atoms with van der Waals surface area (Å²) >= 11 is 0. The van der Waals surface area contributed by atoms with Crippen molar-refractivity contribution in [2.75, 3.05) is 20.3 Å². The Morgan fingerprint density at radius 2 is 2.06 bits per heavy atom. The van der Waals surface area contributed by atoms with Gasteiger partial charge in [0.15, 0.2) is 11.6 Å². The molecule has 1 aromatic carbocycles. The molecule has 4 heteroatoms. The fraction of sp³-hybridized carbons (Fsp3) is 0.571. The topological polar surface area (TPSA) is 30.5 Å². The highest BCUT2D eigenvalue weighted by Gasteiger charge is 2.18. The average molecular weight is 255 g/mol. The van der Waals surface area contributed by atoms with Crippen LogP contribution in [0, 0.1) is 5.82 Å². The van der Waals surface area contributed by atoms with Crippen molar-refractivity contribution in [2.24, 2.45) is 0 Å². The summed E-state index contributed by atoms with van der Waals surface area (Å²) in [6, 6.07) is 5.00. The van der Waals surface area contributed by atoms with Gasteiger partial charge in [-0.3, -0.25) is 0 Å². The highest BCUT2D eigenvalue weighted by atomic mass is 19.1. The van der Waals surface area contributed by atoms with Gasteiger partial charge in [-0.1, -0.05) is 19.1 Å². The lowest BCUT2D eigenvalue weighted by Crippen LogP contribution is -2.27. The third-order valence-corrected chi connectivity index (χ3v) is 2.64. The molecule has 1 aromatic rings. The first kappa shape index (κ1) is 14.9. The molecule has 1 N–H and O–H groups in total. The predicted molar refractivity (Wildman–Crippen MR) is 70.5 cm³/mol. The molecule has 0 aliphatic rings. The lowest BCUT2D eigenvalue weighted by molar-refractivity contribution is 0.0606. The number of halogens is 1. The van der Waals surface area contributed by atoms with E-state index in [1.54, 1.807) is 18.2 Å². The van der Waals surface area contributed by atoms with Crippen molar-refractivity contribution in [1.29, 1.82) is 0 Å². The van der Waals surface area contributed by atoms with Gasteiger partial charge in [0.25, 0.3) is 0 Å². The summed E-state index contributed by atoms with van der Waals surface area (Å²) in [5, 5.41) is 3.23. The predicted octanol–water partition coefficient (Wildman–Crippen LogP) is 2.91. The molecule has 0 saturated carbocycles. The second-order valence-electron chi connectivity index (χ2n) is 4.36. The Morgan fingerprint density at radius 1 is 1.33 bits per heavy atom. The van der Waals surface area contributed by atoms with E-state index in [0.29, 0.717) is 12.2 Å². The summed E-state index contributed by atoms with van der Waals surface area (Å²) in [5.74, 6) is -0.0572. The van der Waals surface area contributed by atoms with Gasteiger partial charge >= 0.3 is 0 Å². The summed E-state index contributed by atoms with van der Waals surface area (Å²) in [5.41, 5.74) is 0.580. The quantitative estimate of drug-likeness (QED) is 0.812. The van der Waals surface area contributed by atoms with Gasteiger partial charge in [-0.2, -0.15) is 0 Å². The minimum absolute atomic E-state index is 0.125. The highest BCUT2D eigenvalue weighted by Crippen LogP contribution is 2.25. The third kappa shape index (κ3) is 3.96. The molecule has 0 amide bonds. The number of rotatable bonds is 7. The molecule has 102 valence electrons. The summed E-state index contributed by atoms with van der Waals surface area (Å²) in [7, 11) is 1.47. The second-order valence-corrected chi connectivity index (χ2v) is 4.36. The van der Waals surface area contributed by atoms with E-state index in [2.05, 4.69) is 5.32 Å². The lowest BCUT2D eigenvalue weighted by Gasteiger charge is -2.21. The zero-order chi connectivity index (χ0) is 13.5.